The highest BCUT2D eigenvalue weighted by Gasteiger charge is 2.29. The molecule has 0 aromatic heterocycles. The second-order valence-electron chi connectivity index (χ2n) is 5.06. The van der Waals surface area contributed by atoms with Gasteiger partial charge in [-0.15, -0.1) is 0 Å². The van der Waals surface area contributed by atoms with E-state index in [1.807, 2.05) is 0 Å². The van der Waals surface area contributed by atoms with Crippen molar-refractivity contribution in [1.82, 2.24) is 4.72 Å². The van der Waals surface area contributed by atoms with Gasteiger partial charge in [0.25, 0.3) is 0 Å². The number of nitrogens with one attached hydrogen (secondary N) is 1. The third-order valence-corrected chi connectivity index (χ3v) is 5.85. The number of benzene rings is 1. The topological polar surface area (TPSA) is 72.2 Å². The second-order valence-corrected chi connectivity index (χ2v) is 7.60. The number of sulfonamides is 1. The molecule has 3 N–H and O–H groups in total. The van der Waals surface area contributed by atoms with E-state index in [-0.39, 0.29) is 27.9 Å². The zero-order valence-corrected chi connectivity index (χ0v) is 13.4. The molecule has 0 radical (unpaired) electrons. The Balaban J connectivity index is 2.23. The Bertz CT molecular complexity index is 574. The van der Waals surface area contributed by atoms with Crippen LogP contribution in [-0.2, 0) is 10.0 Å². The molecule has 7 heteroatoms. The fraction of sp³-hybridized carbons (Fsp3) is 0.538. The molecular weight excluding hydrogens is 347 g/mol. The lowest BCUT2D eigenvalue weighted by Gasteiger charge is -2.23. The minimum atomic E-state index is -3.90. The predicted octanol–water partition coefficient (Wildman–Crippen LogP) is 2.38. The summed E-state index contributed by atoms with van der Waals surface area (Å²) in [5.74, 6) is -0.535. The van der Waals surface area contributed by atoms with Crippen molar-refractivity contribution in [3.05, 3.63) is 28.5 Å². The van der Waals surface area contributed by atoms with Crippen molar-refractivity contribution in [2.75, 3.05) is 6.54 Å². The summed E-state index contributed by atoms with van der Waals surface area (Å²) in [6.45, 7) is 0.222. The van der Waals surface area contributed by atoms with E-state index in [9.17, 15) is 12.8 Å². The van der Waals surface area contributed by atoms with E-state index in [2.05, 4.69) is 20.7 Å². The monoisotopic (exact) mass is 364 g/mol. The summed E-state index contributed by atoms with van der Waals surface area (Å²) < 4.78 is 41.2. The molecule has 2 rings (SSSR count). The van der Waals surface area contributed by atoms with Crippen LogP contribution in [0.25, 0.3) is 0 Å². The van der Waals surface area contributed by atoms with Gasteiger partial charge in [0.15, 0.2) is 5.82 Å². The Labute approximate surface area is 127 Å². The lowest BCUT2D eigenvalue weighted by atomic mass is 9.99. The van der Waals surface area contributed by atoms with Crippen LogP contribution in [0.4, 0.5) is 4.39 Å². The summed E-state index contributed by atoms with van der Waals surface area (Å²) in [4.78, 5) is -0.344. The van der Waals surface area contributed by atoms with E-state index < -0.39 is 15.8 Å². The molecule has 1 fully saturated rings. The summed E-state index contributed by atoms with van der Waals surface area (Å²) >= 11 is 3.00. The molecule has 1 aliphatic carbocycles. The first-order chi connectivity index (χ1) is 9.45. The second kappa shape index (κ2) is 6.51. The Kier molecular flexibility index (Phi) is 5.17. The average molecular weight is 365 g/mol. The molecule has 1 unspecified atom stereocenters. The van der Waals surface area contributed by atoms with E-state index in [4.69, 9.17) is 5.73 Å². The van der Waals surface area contributed by atoms with Gasteiger partial charge in [-0.3, -0.25) is 0 Å². The van der Waals surface area contributed by atoms with E-state index in [1.165, 1.54) is 18.2 Å². The minimum Gasteiger partial charge on any atom is -0.329 e. The molecule has 1 aliphatic rings. The van der Waals surface area contributed by atoms with Crippen LogP contribution in [0.1, 0.15) is 25.7 Å². The van der Waals surface area contributed by atoms with Gasteiger partial charge in [-0.1, -0.05) is 18.9 Å². The van der Waals surface area contributed by atoms with Crippen LogP contribution in [0.3, 0.4) is 0 Å². The van der Waals surface area contributed by atoms with Crippen LogP contribution in [0.2, 0.25) is 0 Å². The van der Waals surface area contributed by atoms with Crippen molar-refractivity contribution in [3.63, 3.8) is 0 Å². The quantitative estimate of drug-likeness (QED) is 0.842. The first-order valence-corrected chi connectivity index (χ1v) is 8.89. The van der Waals surface area contributed by atoms with Gasteiger partial charge in [0, 0.05) is 12.6 Å². The van der Waals surface area contributed by atoms with Crippen LogP contribution in [-0.4, -0.2) is 21.0 Å². The summed E-state index contributed by atoms with van der Waals surface area (Å²) in [6.07, 6.45) is 4.11. The fourth-order valence-electron chi connectivity index (χ4n) is 2.65. The molecular formula is C13H18BrFN2O2S. The van der Waals surface area contributed by atoms with Crippen LogP contribution < -0.4 is 10.5 Å². The Morgan fingerprint density at radius 1 is 1.40 bits per heavy atom. The summed E-state index contributed by atoms with van der Waals surface area (Å²) in [6, 6.07) is 3.88. The van der Waals surface area contributed by atoms with Crippen molar-refractivity contribution in [1.29, 1.82) is 0 Å². The summed E-state index contributed by atoms with van der Waals surface area (Å²) in [5, 5.41) is 0. The number of hydrogen-bond donors (Lipinski definition) is 2. The minimum absolute atomic E-state index is 0.130. The summed E-state index contributed by atoms with van der Waals surface area (Å²) in [7, 11) is -3.90. The normalized spacial score (nSPS) is 18.4. The van der Waals surface area contributed by atoms with Crippen molar-refractivity contribution in [3.8, 4) is 0 Å². The molecule has 0 bridgehead atoms. The number of hydrogen-bond acceptors (Lipinski definition) is 3. The van der Waals surface area contributed by atoms with Gasteiger partial charge >= 0.3 is 0 Å². The highest BCUT2D eigenvalue weighted by molar-refractivity contribution is 9.10. The molecule has 112 valence electrons. The average Bonchev–Trinajstić information content (AvgIpc) is 2.93. The number of nitrogens with two attached hydrogens (primary N) is 1. The third kappa shape index (κ3) is 3.39. The standard InChI is InChI=1S/C13H18BrFN2O2S/c14-10-6-3-7-12(13(10)15)20(18,19)17-11(8-16)9-4-1-2-5-9/h3,6-7,9,11,17H,1-2,4-5,8,16H2. The maximum Gasteiger partial charge on any atom is 0.243 e. The van der Waals surface area contributed by atoms with Crippen LogP contribution in [0.15, 0.2) is 27.6 Å². The zero-order chi connectivity index (χ0) is 14.8. The molecule has 0 heterocycles. The van der Waals surface area contributed by atoms with Crippen molar-refractivity contribution < 1.29 is 12.8 Å². The van der Waals surface area contributed by atoms with Gasteiger partial charge in [-0.25, -0.2) is 17.5 Å². The van der Waals surface area contributed by atoms with E-state index in [0.29, 0.717) is 0 Å². The molecule has 0 aliphatic heterocycles. The summed E-state index contributed by atoms with van der Waals surface area (Å²) in [5.41, 5.74) is 5.68. The molecule has 0 spiro atoms. The van der Waals surface area contributed by atoms with Gasteiger partial charge < -0.3 is 5.73 Å². The van der Waals surface area contributed by atoms with Gasteiger partial charge in [0.05, 0.1) is 4.47 Å². The SMILES string of the molecule is NCC(NS(=O)(=O)c1cccc(Br)c1F)C1CCCC1. The highest BCUT2D eigenvalue weighted by atomic mass is 79.9. The molecule has 4 nitrogen and oxygen atoms in total. The number of rotatable bonds is 5. The predicted molar refractivity (Wildman–Crippen MR) is 79.2 cm³/mol. The Morgan fingerprint density at radius 3 is 2.65 bits per heavy atom. The fourth-order valence-corrected chi connectivity index (χ4v) is 4.57. The van der Waals surface area contributed by atoms with Gasteiger partial charge in [0.2, 0.25) is 10.0 Å². The van der Waals surface area contributed by atoms with Gasteiger partial charge in [-0.05, 0) is 46.8 Å². The van der Waals surface area contributed by atoms with Crippen molar-refractivity contribution >= 4 is 26.0 Å². The maximum absolute atomic E-state index is 13.9. The van der Waals surface area contributed by atoms with Crippen molar-refractivity contribution in [2.24, 2.45) is 11.7 Å². The Hall–Kier alpha value is -0.500. The largest absolute Gasteiger partial charge is 0.329 e. The highest BCUT2D eigenvalue weighted by Crippen LogP contribution is 2.29. The molecule has 1 atom stereocenters. The molecule has 1 aromatic rings. The van der Waals surface area contributed by atoms with E-state index >= 15 is 0 Å². The third-order valence-electron chi connectivity index (χ3n) is 3.74. The van der Waals surface area contributed by atoms with Crippen LogP contribution in [0.5, 0.6) is 0 Å². The maximum atomic E-state index is 13.9. The van der Waals surface area contributed by atoms with Crippen LogP contribution in [0, 0.1) is 11.7 Å². The zero-order valence-electron chi connectivity index (χ0n) is 11.0. The lowest BCUT2D eigenvalue weighted by molar-refractivity contribution is 0.404. The first-order valence-electron chi connectivity index (χ1n) is 6.62. The van der Waals surface area contributed by atoms with Crippen molar-refractivity contribution in [2.45, 2.75) is 36.6 Å². The van der Waals surface area contributed by atoms with Gasteiger partial charge in [-0.2, -0.15) is 0 Å². The molecule has 1 saturated carbocycles. The van der Waals surface area contributed by atoms with Crippen LogP contribution >= 0.6 is 15.9 Å². The first kappa shape index (κ1) is 15.9. The lowest BCUT2D eigenvalue weighted by Crippen LogP contribution is -2.44. The van der Waals surface area contributed by atoms with E-state index in [0.717, 1.165) is 25.7 Å². The smallest absolute Gasteiger partial charge is 0.243 e. The number of halogens is 2. The van der Waals surface area contributed by atoms with E-state index in [1.54, 1.807) is 0 Å². The molecule has 1 aromatic carbocycles. The molecule has 0 amide bonds. The molecule has 20 heavy (non-hydrogen) atoms. The molecule has 0 saturated heterocycles. The Morgan fingerprint density at radius 2 is 2.05 bits per heavy atom. The van der Waals surface area contributed by atoms with Gasteiger partial charge in [0.1, 0.15) is 4.90 Å².